The molecule has 2 aromatic carbocycles. The average molecular weight is 310 g/mol. The predicted octanol–water partition coefficient (Wildman–Crippen LogP) is 2.40. The molecular formula is C18H18N2O3. The zero-order valence-electron chi connectivity index (χ0n) is 12.9. The molecule has 0 aromatic heterocycles. The molecule has 1 atom stereocenters. The molecule has 1 aliphatic heterocycles. The van der Waals surface area contributed by atoms with Crippen molar-refractivity contribution >= 4 is 23.3 Å². The van der Waals surface area contributed by atoms with Crippen LogP contribution in [0.5, 0.6) is 0 Å². The highest BCUT2D eigenvalue weighted by atomic mass is 16.5. The van der Waals surface area contributed by atoms with Crippen LogP contribution < -0.4 is 10.6 Å². The summed E-state index contributed by atoms with van der Waals surface area (Å²) in [5.74, 6) is -0.739. The summed E-state index contributed by atoms with van der Waals surface area (Å²) in [6.07, 6.45) is -0.0215. The minimum atomic E-state index is -0.841. The van der Waals surface area contributed by atoms with Gasteiger partial charge in [-0.25, -0.2) is 4.79 Å². The molecule has 0 aliphatic carbocycles. The maximum atomic E-state index is 12.6. The molecule has 0 radical (unpaired) electrons. The Hall–Kier alpha value is -2.82. The number of carbonyl (C=O) groups excluding carboxylic acids is 2. The molecule has 5 nitrogen and oxygen atoms in total. The third kappa shape index (κ3) is 3.04. The van der Waals surface area contributed by atoms with Crippen LogP contribution in [-0.4, -0.2) is 24.5 Å². The highest BCUT2D eigenvalue weighted by Gasteiger charge is 2.29. The maximum absolute atomic E-state index is 12.6. The number of hydrogen-bond acceptors (Lipinski definition) is 4. The third-order valence-corrected chi connectivity index (χ3v) is 3.93. The van der Waals surface area contributed by atoms with Crippen molar-refractivity contribution in [2.24, 2.45) is 0 Å². The van der Waals surface area contributed by atoms with E-state index < -0.39 is 12.1 Å². The summed E-state index contributed by atoms with van der Waals surface area (Å²) >= 11 is 0. The average Bonchev–Trinajstić information content (AvgIpc) is 2.98. The Kier molecular flexibility index (Phi) is 4.02. The Morgan fingerprint density at radius 2 is 1.83 bits per heavy atom. The van der Waals surface area contributed by atoms with Gasteiger partial charge in [0.15, 0.2) is 6.10 Å². The molecule has 118 valence electrons. The summed E-state index contributed by atoms with van der Waals surface area (Å²) in [4.78, 5) is 26.3. The van der Waals surface area contributed by atoms with Crippen molar-refractivity contribution in [3.8, 4) is 0 Å². The fourth-order valence-electron chi connectivity index (χ4n) is 2.68. The van der Waals surface area contributed by atoms with E-state index in [1.54, 1.807) is 36.1 Å². The lowest BCUT2D eigenvalue weighted by Gasteiger charge is -2.21. The number of para-hydroxylation sites is 1. The normalized spacial score (nSPS) is 14.2. The second-order valence-corrected chi connectivity index (χ2v) is 5.54. The highest BCUT2D eigenvalue weighted by Crippen LogP contribution is 2.28. The van der Waals surface area contributed by atoms with Gasteiger partial charge in [-0.15, -0.1) is 0 Å². The Morgan fingerprint density at radius 1 is 1.13 bits per heavy atom. The van der Waals surface area contributed by atoms with E-state index in [-0.39, 0.29) is 5.91 Å². The number of rotatable bonds is 3. The highest BCUT2D eigenvalue weighted by molar-refractivity contribution is 6.00. The molecule has 0 fully saturated rings. The number of ether oxygens (including phenoxy) is 1. The summed E-state index contributed by atoms with van der Waals surface area (Å²) in [7, 11) is 0. The lowest BCUT2D eigenvalue weighted by atomic mass is 10.2. The Balaban J connectivity index is 1.69. The maximum Gasteiger partial charge on any atom is 0.338 e. The van der Waals surface area contributed by atoms with Gasteiger partial charge in [-0.3, -0.25) is 4.79 Å². The number of nitrogen functional groups attached to an aromatic ring is 1. The van der Waals surface area contributed by atoms with Gasteiger partial charge in [-0.05, 0) is 49.2 Å². The number of amides is 1. The van der Waals surface area contributed by atoms with E-state index in [4.69, 9.17) is 10.5 Å². The Labute approximate surface area is 134 Å². The van der Waals surface area contributed by atoms with Crippen molar-refractivity contribution in [1.29, 1.82) is 0 Å². The monoisotopic (exact) mass is 310 g/mol. The molecule has 1 heterocycles. The number of nitrogens with two attached hydrogens (primary N) is 1. The lowest BCUT2D eigenvalue weighted by Crippen LogP contribution is -2.39. The zero-order valence-corrected chi connectivity index (χ0v) is 12.9. The van der Waals surface area contributed by atoms with E-state index in [0.29, 0.717) is 17.8 Å². The van der Waals surface area contributed by atoms with Gasteiger partial charge >= 0.3 is 5.97 Å². The van der Waals surface area contributed by atoms with Crippen molar-refractivity contribution in [3.63, 3.8) is 0 Å². The van der Waals surface area contributed by atoms with Crippen LogP contribution in [0.3, 0.4) is 0 Å². The number of carbonyl (C=O) groups is 2. The van der Waals surface area contributed by atoms with Crippen LogP contribution in [0.25, 0.3) is 0 Å². The fraction of sp³-hybridized carbons (Fsp3) is 0.222. The van der Waals surface area contributed by atoms with Crippen LogP contribution in [0.2, 0.25) is 0 Å². The van der Waals surface area contributed by atoms with Gasteiger partial charge in [-0.2, -0.15) is 0 Å². The van der Waals surface area contributed by atoms with E-state index in [1.807, 2.05) is 24.3 Å². The van der Waals surface area contributed by atoms with Gasteiger partial charge in [0.2, 0.25) is 0 Å². The van der Waals surface area contributed by atoms with E-state index in [9.17, 15) is 9.59 Å². The zero-order chi connectivity index (χ0) is 16.4. The topological polar surface area (TPSA) is 72.6 Å². The van der Waals surface area contributed by atoms with Crippen LogP contribution >= 0.6 is 0 Å². The molecule has 2 N–H and O–H groups in total. The molecule has 1 unspecified atom stereocenters. The first-order chi connectivity index (χ1) is 11.1. The summed E-state index contributed by atoms with van der Waals surface area (Å²) in [5, 5.41) is 0. The van der Waals surface area contributed by atoms with Crippen LogP contribution in [0.4, 0.5) is 11.4 Å². The molecule has 0 saturated heterocycles. The van der Waals surface area contributed by atoms with Crippen LogP contribution in [0.1, 0.15) is 22.8 Å². The minimum absolute atomic E-state index is 0.209. The number of nitrogens with zero attached hydrogens (tertiary/aromatic N) is 1. The first-order valence-corrected chi connectivity index (χ1v) is 7.52. The third-order valence-electron chi connectivity index (χ3n) is 3.93. The smallest absolute Gasteiger partial charge is 0.338 e. The van der Waals surface area contributed by atoms with Crippen molar-refractivity contribution in [2.75, 3.05) is 17.2 Å². The van der Waals surface area contributed by atoms with Gasteiger partial charge in [0.25, 0.3) is 5.91 Å². The van der Waals surface area contributed by atoms with Crippen LogP contribution in [-0.2, 0) is 16.0 Å². The molecule has 1 aliphatic rings. The molecule has 2 aromatic rings. The quantitative estimate of drug-likeness (QED) is 0.698. The van der Waals surface area contributed by atoms with Gasteiger partial charge in [0.05, 0.1) is 5.56 Å². The molecule has 23 heavy (non-hydrogen) atoms. The molecule has 3 rings (SSSR count). The van der Waals surface area contributed by atoms with Gasteiger partial charge < -0.3 is 15.4 Å². The molecule has 0 bridgehead atoms. The van der Waals surface area contributed by atoms with Crippen molar-refractivity contribution in [1.82, 2.24) is 0 Å². The summed E-state index contributed by atoms with van der Waals surface area (Å²) < 4.78 is 5.29. The number of esters is 1. The first-order valence-electron chi connectivity index (χ1n) is 7.52. The molecular weight excluding hydrogens is 292 g/mol. The van der Waals surface area contributed by atoms with E-state index in [1.165, 1.54) is 0 Å². The number of fused-ring (bicyclic) bond motifs is 1. The van der Waals surface area contributed by atoms with Crippen molar-refractivity contribution in [2.45, 2.75) is 19.4 Å². The van der Waals surface area contributed by atoms with Crippen LogP contribution in [0.15, 0.2) is 48.5 Å². The lowest BCUT2D eigenvalue weighted by molar-refractivity contribution is -0.126. The SMILES string of the molecule is CC(OC(=O)c1ccc(N)cc1)C(=O)N1CCc2ccccc21. The summed E-state index contributed by atoms with van der Waals surface area (Å²) in [5.41, 5.74) is 8.57. The standard InChI is InChI=1S/C18H18N2O3/c1-12(23-18(22)14-6-8-15(19)9-7-14)17(21)20-11-10-13-4-2-3-5-16(13)20/h2-9,12H,10-11,19H2,1H3. The summed E-state index contributed by atoms with van der Waals surface area (Å²) in [6, 6.07) is 14.2. The van der Waals surface area contributed by atoms with E-state index >= 15 is 0 Å². The van der Waals surface area contributed by atoms with Gasteiger partial charge in [0, 0.05) is 17.9 Å². The summed E-state index contributed by atoms with van der Waals surface area (Å²) in [6.45, 7) is 2.21. The number of benzene rings is 2. The predicted molar refractivity (Wildman–Crippen MR) is 88.2 cm³/mol. The van der Waals surface area contributed by atoms with Crippen LogP contribution in [0, 0.1) is 0 Å². The first kappa shape index (κ1) is 15.1. The Bertz CT molecular complexity index is 740. The number of hydrogen-bond donors (Lipinski definition) is 1. The second kappa shape index (κ2) is 6.12. The number of anilines is 2. The molecule has 0 spiro atoms. The molecule has 1 amide bonds. The van der Waals surface area contributed by atoms with E-state index in [2.05, 4.69) is 0 Å². The fourth-order valence-corrected chi connectivity index (χ4v) is 2.68. The van der Waals surface area contributed by atoms with Crippen molar-refractivity contribution < 1.29 is 14.3 Å². The van der Waals surface area contributed by atoms with Gasteiger partial charge in [-0.1, -0.05) is 18.2 Å². The molecule has 5 heteroatoms. The second-order valence-electron chi connectivity index (χ2n) is 5.54. The molecule has 0 saturated carbocycles. The Morgan fingerprint density at radius 3 is 2.57 bits per heavy atom. The minimum Gasteiger partial charge on any atom is -0.449 e. The largest absolute Gasteiger partial charge is 0.449 e. The van der Waals surface area contributed by atoms with Gasteiger partial charge in [0.1, 0.15) is 0 Å². The van der Waals surface area contributed by atoms with E-state index in [0.717, 1.165) is 17.7 Å². The van der Waals surface area contributed by atoms with Crippen molar-refractivity contribution in [3.05, 3.63) is 59.7 Å².